The van der Waals surface area contributed by atoms with Gasteiger partial charge in [-0.15, -0.1) is 0 Å². The molecule has 0 saturated heterocycles. The largest absolute Gasteiger partial charge is 0.375 e. The molecule has 0 aromatic carbocycles. The highest BCUT2D eigenvalue weighted by molar-refractivity contribution is 4.86. The summed E-state index contributed by atoms with van der Waals surface area (Å²) in [5.41, 5.74) is 0. The summed E-state index contributed by atoms with van der Waals surface area (Å²) in [6.07, 6.45) is 9.00. The number of hydrogen-bond donors (Lipinski definition) is 1. The maximum Gasteiger partial charge on any atom is 0.0608 e. The van der Waals surface area contributed by atoms with Crippen molar-refractivity contribution in [3.05, 3.63) is 0 Å². The van der Waals surface area contributed by atoms with Gasteiger partial charge in [0, 0.05) is 6.04 Å². The van der Waals surface area contributed by atoms with E-state index in [2.05, 4.69) is 12.2 Å². The van der Waals surface area contributed by atoms with Crippen LogP contribution < -0.4 is 5.32 Å². The third kappa shape index (κ3) is 2.29. The van der Waals surface area contributed by atoms with Crippen LogP contribution in [0.4, 0.5) is 0 Å². The van der Waals surface area contributed by atoms with Crippen LogP contribution in [0.25, 0.3) is 0 Å². The van der Waals surface area contributed by atoms with Crippen LogP contribution in [0.3, 0.4) is 0 Å². The Morgan fingerprint density at radius 2 is 1.86 bits per heavy atom. The third-order valence-electron chi connectivity index (χ3n) is 3.90. The molecule has 0 aromatic rings. The molecule has 2 unspecified atom stereocenters. The Morgan fingerprint density at radius 3 is 2.50 bits per heavy atom. The van der Waals surface area contributed by atoms with Crippen molar-refractivity contribution in [1.29, 1.82) is 0 Å². The number of hydrogen-bond acceptors (Lipinski definition) is 2. The molecule has 2 rings (SSSR count). The van der Waals surface area contributed by atoms with Crippen molar-refractivity contribution in [3.63, 3.8) is 0 Å². The summed E-state index contributed by atoms with van der Waals surface area (Å²) in [4.78, 5) is 0. The average Bonchev–Trinajstić information content (AvgIpc) is 2.13. The molecule has 2 saturated carbocycles. The number of rotatable bonds is 3. The first-order valence-corrected chi connectivity index (χ1v) is 6.12. The van der Waals surface area contributed by atoms with Gasteiger partial charge in [-0.2, -0.15) is 0 Å². The smallest absolute Gasteiger partial charge is 0.0608 e. The third-order valence-corrected chi connectivity index (χ3v) is 3.90. The standard InChI is InChI=1S/C12H23NO/c1-9-5-3-4-6-12(9)14-11-7-10(8-11)13-2/h9-13H,3-8H2,1-2H3. The van der Waals surface area contributed by atoms with Crippen molar-refractivity contribution in [2.45, 2.75) is 63.7 Å². The Labute approximate surface area is 87.4 Å². The molecule has 2 heteroatoms. The van der Waals surface area contributed by atoms with Crippen molar-refractivity contribution in [2.75, 3.05) is 7.05 Å². The van der Waals surface area contributed by atoms with Gasteiger partial charge >= 0.3 is 0 Å². The quantitative estimate of drug-likeness (QED) is 0.750. The number of nitrogens with one attached hydrogen (secondary N) is 1. The Morgan fingerprint density at radius 1 is 1.14 bits per heavy atom. The average molecular weight is 197 g/mol. The summed E-state index contributed by atoms with van der Waals surface area (Å²) in [6, 6.07) is 0.721. The van der Waals surface area contributed by atoms with Crippen LogP contribution in [0, 0.1) is 5.92 Å². The van der Waals surface area contributed by atoms with Gasteiger partial charge in [0.15, 0.2) is 0 Å². The van der Waals surface area contributed by atoms with E-state index in [1.54, 1.807) is 0 Å². The minimum atomic E-state index is 0.554. The molecular weight excluding hydrogens is 174 g/mol. The van der Waals surface area contributed by atoms with Gasteiger partial charge in [-0.25, -0.2) is 0 Å². The van der Waals surface area contributed by atoms with Gasteiger partial charge in [0.25, 0.3) is 0 Å². The highest BCUT2D eigenvalue weighted by Gasteiger charge is 2.32. The zero-order valence-electron chi connectivity index (χ0n) is 9.46. The monoisotopic (exact) mass is 197 g/mol. The fourth-order valence-electron chi connectivity index (χ4n) is 2.64. The minimum absolute atomic E-state index is 0.554. The zero-order chi connectivity index (χ0) is 9.97. The molecule has 0 aromatic heterocycles. The van der Waals surface area contributed by atoms with Gasteiger partial charge < -0.3 is 10.1 Å². The molecule has 0 bridgehead atoms. The van der Waals surface area contributed by atoms with Gasteiger partial charge in [-0.3, -0.25) is 0 Å². The summed E-state index contributed by atoms with van der Waals surface area (Å²) >= 11 is 0. The lowest BCUT2D eigenvalue weighted by molar-refractivity contribution is -0.0948. The van der Waals surface area contributed by atoms with Crippen molar-refractivity contribution < 1.29 is 4.74 Å². The molecule has 0 spiro atoms. The van der Waals surface area contributed by atoms with Crippen LogP contribution in [0.5, 0.6) is 0 Å². The second kappa shape index (κ2) is 4.63. The molecule has 2 nitrogen and oxygen atoms in total. The second-order valence-electron chi connectivity index (χ2n) is 5.02. The Kier molecular flexibility index (Phi) is 3.45. The lowest BCUT2D eigenvalue weighted by Crippen LogP contribution is -2.46. The minimum Gasteiger partial charge on any atom is -0.375 e. The SMILES string of the molecule is CNC1CC(OC2CCCCC2C)C1. The van der Waals surface area contributed by atoms with E-state index < -0.39 is 0 Å². The van der Waals surface area contributed by atoms with E-state index in [-0.39, 0.29) is 0 Å². The first-order chi connectivity index (χ1) is 6.79. The molecule has 2 aliphatic carbocycles. The Balaban J connectivity index is 1.69. The molecule has 2 atom stereocenters. The first kappa shape index (κ1) is 10.4. The maximum absolute atomic E-state index is 6.13. The van der Waals surface area contributed by atoms with Crippen LogP contribution in [-0.2, 0) is 4.74 Å². The van der Waals surface area contributed by atoms with Gasteiger partial charge in [-0.1, -0.05) is 19.8 Å². The highest BCUT2D eigenvalue weighted by atomic mass is 16.5. The van der Waals surface area contributed by atoms with E-state index in [0.717, 1.165) is 12.0 Å². The Bertz CT molecular complexity index is 177. The van der Waals surface area contributed by atoms with Crippen molar-refractivity contribution in [2.24, 2.45) is 5.92 Å². The molecule has 1 N–H and O–H groups in total. The molecule has 2 aliphatic rings. The van der Waals surface area contributed by atoms with E-state index in [1.165, 1.54) is 38.5 Å². The summed E-state index contributed by atoms with van der Waals surface area (Å²) in [5, 5.41) is 3.30. The fourth-order valence-corrected chi connectivity index (χ4v) is 2.64. The van der Waals surface area contributed by atoms with E-state index >= 15 is 0 Å². The summed E-state index contributed by atoms with van der Waals surface area (Å²) in [5.74, 6) is 0.789. The summed E-state index contributed by atoms with van der Waals surface area (Å²) < 4.78 is 6.13. The molecule has 0 amide bonds. The number of ether oxygens (including phenoxy) is 1. The zero-order valence-corrected chi connectivity index (χ0v) is 9.46. The topological polar surface area (TPSA) is 21.3 Å². The molecule has 14 heavy (non-hydrogen) atoms. The maximum atomic E-state index is 6.13. The normalized spacial score (nSPS) is 43.3. The van der Waals surface area contributed by atoms with Crippen LogP contribution in [0.2, 0.25) is 0 Å². The van der Waals surface area contributed by atoms with Crippen LogP contribution in [0.1, 0.15) is 45.4 Å². The summed E-state index contributed by atoms with van der Waals surface area (Å²) in [7, 11) is 2.05. The highest BCUT2D eigenvalue weighted by Crippen LogP contribution is 2.31. The second-order valence-corrected chi connectivity index (χ2v) is 5.02. The molecule has 82 valence electrons. The van der Waals surface area contributed by atoms with Crippen LogP contribution in [-0.4, -0.2) is 25.3 Å². The van der Waals surface area contributed by atoms with E-state index in [1.807, 2.05) is 7.05 Å². The molecule has 0 aliphatic heterocycles. The van der Waals surface area contributed by atoms with Crippen molar-refractivity contribution in [3.8, 4) is 0 Å². The molecule has 0 radical (unpaired) electrons. The predicted molar refractivity (Wildman–Crippen MR) is 58.4 cm³/mol. The van der Waals surface area contributed by atoms with E-state index in [0.29, 0.717) is 12.2 Å². The molecule has 2 fully saturated rings. The van der Waals surface area contributed by atoms with E-state index in [9.17, 15) is 0 Å². The first-order valence-electron chi connectivity index (χ1n) is 6.12. The van der Waals surface area contributed by atoms with E-state index in [4.69, 9.17) is 4.74 Å². The van der Waals surface area contributed by atoms with Crippen LogP contribution in [0.15, 0.2) is 0 Å². The van der Waals surface area contributed by atoms with Gasteiger partial charge in [0.1, 0.15) is 0 Å². The van der Waals surface area contributed by atoms with Gasteiger partial charge in [-0.05, 0) is 38.6 Å². The Hall–Kier alpha value is -0.0800. The fraction of sp³-hybridized carbons (Fsp3) is 1.00. The van der Waals surface area contributed by atoms with Crippen LogP contribution >= 0.6 is 0 Å². The van der Waals surface area contributed by atoms with Gasteiger partial charge in [0.05, 0.1) is 12.2 Å². The van der Waals surface area contributed by atoms with Gasteiger partial charge in [0.2, 0.25) is 0 Å². The molecule has 0 heterocycles. The summed E-state index contributed by atoms with van der Waals surface area (Å²) in [6.45, 7) is 2.35. The lowest BCUT2D eigenvalue weighted by atomic mass is 9.85. The lowest BCUT2D eigenvalue weighted by Gasteiger charge is -2.40. The molecular formula is C12H23NO. The predicted octanol–water partition coefficient (Wildman–Crippen LogP) is 2.33. The van der Waals surface area contributed by atoms with Crippen molar-refractivity contribution in [1.82, 2.24) is 5.32 Å². The van der Waals surface area contributed by atoms with Crippen molar-refractivity contribution >= 4 is 0 Å².